The zero-order valence-electron chi connectivity index (χ0n) is 18.0. The maximum atomic E-state index is 13.1. The average Bonchev–Trinajstić information content (AvgIpc) is 2.79. The van der Waals surface area contributed by atoms with Crippen molar-refractivity contribution in [3.63, 3.8) is 0 Å². The molecule has 0 unspecified atom stereocenters. The first-order valence-electron chi connectivity index (χ1n) is 10.6. The Hall–Kier alpha value is -3.15. The SMILES string of the molecule is O=C(C[NH+]1CCN(S(=O)(=O)c2ccc3ccccc3c2)CC1)Nc1ccc(OC(F)(F)F)cc1. The lowest BCUT2D eigenvalue weighted by atomic mass is 10.1. The lowest BCUT2D eigenvalue weighted by Gasteiger charge is -2.31. The Morgan fingerprint density at radius 1 is 0.971 bits per heavy atom. The van der Waals surface area contributed by atoms with E-state index in [1.165, 1.54) is 16.4 Å². The summed E-state index contributed by atoms with van der Waals surface area (Å²) < 4.78 is 68.1. The molecule has 2 N–H and O–H groups in total. The van der Waals surface area contributed by atoms with Gasteiger partial charge in [0.25, 0.3) is 5.91 Å². The third-order valence-electron chi connectivity index (χ3n) is 5.57. The molecule has 11 heteroatoms. The van der Waals surface area contributed by atoms with Gasteiger partial charge in [-0.1, -0.05) is 30.3 Å². The van der Waals surface area contributed by atoms with Crippen LogP contribution >= 0.6 is 0 Å². The highest BCUT2D eigenvalue weighted by Crippen LogP contribution is 2.24. The van der Waals surface area contributed by atoms with E-state index in [4.69, 9.17) is 0 Å². The molecule has 0 bridgehead atoms. The lowest BCUT2D eigenvalue weighted by molar-refractivity contribution is -0.895. The second kappa shape index (κ2) is 9.61. The minimum Gasteiger partial charge on any atom is -0.406 e. The Labute approximate surface area is 194 Å². The first kappa shape index (κ1) is 24.0. The maximum Gasteiger partial charge on any atom is 0.573 e. The molecule has 4 rings (SSSR count). The monoisotopic (exact) mass is 494 g/mol. The molecule has 0 aromatic heterocycles. The lowest BCUT2D eigenvalue weighted by Crippen LogP contribution is -3.15. The minimum atomic E-state index is -4.78. The summed E-state index contributed by atoms with van der Waals surface area (Å²) in [6.07, 6.45) is -4.78. The average molecular weight is 495 g/mol. The number of nitrogens with zero attached hydrogens (tertiary/aromatic N) is 1. The molecule has 1 aliphatic rings. The zero-order chi connectivity index (χ0) is 24.3. The molecular formula is C23H23F3N3O4S+. The maximum absolute atomic E-state index is 13.1. The normalized spacial score (nSPS) is 15.9. The van der Waals surface area contributed by atoms with Crippen molar-refractivity contribution in [3.05, 3.63) is 66.7 Å². The highest BCUT2D eigenvalue weighted by Gasteiger charge is 2.32. The van der Waals surface area contributed by atoms with E-state index in [0.29, 0.717) is 18.8 Å². The molecule has 0 atom stereocenters. The molecule has 1 saturated heterocycles. The summed E-state index contributed by atoms with van der Waals surface area (Å²) in [7, 11) is -3.64. The number of hydrogen-bond donors (Lipinski definition) is 2. The molecule has 1 amide bonds. The first-order chi connectivity index (χ1) is 16.1. The third kappa shape index (κ3) is 5.85. The van der Waals surface area contributed by atoms with E-state index in [9.17, 15) is 26.4 Å². The van der Waals surface area contributed by atoms with Crippen LogP contribution in [0.1, 0.15) is 0 Å². The van der Waals surface area contributed by atoms with Gasteiger partial charge < -0.3 is 15.0 Å². The Bertz CT molecular complexity index is 1270. The molecule has 7 nitrogen and oxygen atoms in total. The molecule has 0 spiro atoms. The van der Waals surface area contributed by atoms with Gasteiger partial charge in [-0.3, -0.25) is 4.79 Å². The number of hydrogen-bond acceptors (Lipinski definition) is 4. The minimum absolute atomic E-state index is 0.116. The molecule has 0 saturated carbocycles. The largest absolute Gasteiger partial charge is 0.573 e. The number of ether oxygens (including phenoxy) is 1. The smallest absolute Gasteiger partial charge is 0.406 e. The van der Waals surface area contributed by atoms with Crippen molar-refractivity contribution in [1.29, 1.82) is 0 Å². The van der Waals surface area contributed by atoms with Crippen LogP contribution in [0.15, 0.2) is 71.6 Å². The summed E-state index contributed by atoms with van der Waals surface area (Å²) in [5.74, 6) is -0.690. The van der Waals surface area contributed by atoms with Crippen LogP contribution in [0.25, 0.3) is 10.8 Å². The number of fused-ring (bicyclic) bond motifs is 1. The number of carbonyl (C=O) groups excluding carboxylic acids is 1. The van der Waals surface area contributed by atoms with Gasteiger partial charge in [0.15, 0.2) is 6.54 Å². The van der Waals surface area contributed by atoms with Crippen LogP contribution in [-0.4, -0.2) is 57.7 Å². The van der Waals surface area contributed by atoms with Gasteiger partial charge >= 0.3 is 6.36 Å². The molecule has 34 heavy (non-hydrogen) atoms. The van der Waals surface area contributed by atoms with Gasteiger partial charge in [-0.15, -0.1) is 13.2 Å². The first-order valence-corrected chi connectivity index (χ1v) is 12.0. The highest BCUT2D eigenvalue weighted by atomic mass is 32.2. The van der Waals surface area contributed by atoms with E-state index >= 15 is 0 Å². The van der Waals surface area contributed by atoms with Gasteiger partial charge in [0, 0.05) is 5.69 Å². The van der Waals surface area contributed by atoms with E-state index in [0.717, 1.165) is 27.8 Å². The van der Waals surface area contributed by atoms with Gasteiger partial charge in [0.05, 0.1) is 31.1 Å². The molecule has 1 heterocycles. The Balaban J connectivity index is 1.30. The molecule has 1 aliphatic heterocycles. The topological polar surface area (TPSA) is 80.2 Å². The van der Waals surface area contributed by atoms with Crippen LogP contribution in [0.2, 0.25) is 0 Å². The number of nitrogens with one attached hydrogen (secondary N) is 2. The van der Waals surface area contributed by atoms with E-state index in [-0.39, 0.29) is 36.2 Å². The van der Waals surface area contributed by atoms with Crippen molar-refractivity contribution in [2.24, 2.45) is 0 Å². The fourth-order valence-corrected chi connectivity index (χ4v) is 5.35. The summed E-state index contributed by atoms with van der Waals surface area (Å²) in [5, 5.41) is 4.45. The van der Waals surface area contributed by atoms with Crippen molar-refractivity contribution < 1.29 is 36.0 Å². The fourth-order valence-electron chi connectivity index (χ4n) is 3.87. The van der Waals surface area contributed by atoms with Gasteiger partial charge in [-0.2, -0.15) is 4.31 Å². The molecule has 0 radical (unpaired) electrons. The second-order valence-electron chi connectivity index (χ2n) is 7.96. The summed E-state index contributed by atoms with van der Waals surface area (Å²) in [5.41, 5.74) is 0.344. The highest BCUT2D eigenvalue weighted by molar-refractivity contribution is 7.89. The van der Waals surface area contributed by atoms with E-state index in [1.807, 2.05) is 24.3 Å². The third-order valence-corrected chi connectivity index (χ3v) is 7.47. The quantitative estimate of drug-likeness (QED) is 0.551. The van der Waals surface area contributed by atoms with Crippen LogP contribution < -0.4 is 15.0 Å². The number of rotatable bonds is 6. The summed E-state index contributed by atoms with van der Waals surface area (Å²) in [6, 6.07) is 17.5. The van der Waals surface area contributed by atoms with Crippen LogP contribution in [-0.2, 0) is 14.8 Å². The molecular weight excluding hydrogens is 471 g/mol. The zero-order valence-corrected chi connectivity index (χ0v) is 18.8. The van der Waals surface area contributed by atoms with Crippen molar-refractivity contribution in [1.82, 2.24) is 4.31 Å². The predicted octanol–water partition coefficient (Wildman–Crippen LogP) is 2.27. The predicted molar refractivity (Wildman–Crippen MR) is 120 cm³/mol. The van der Waals surface area contributed by atoms with Gasteiger partial charge in [-0.05, 0) is 47.2 Å². The number of amides is 1. The number of quaternary nitrogens is 1. The second-order valence-corrected chi connectivity index (χ2v) is 9.90. The van der Waals surface area contributed by atoms with Crippen molar-refractivity contribution in [2.45, 2.75) is 11.3 Å². The summed E-state index contributed by atoms with van der Waals surface area (Å²) in [4.78, 5) is 13.5. The molecule has 1 fully saturated rings. The fraction of sp³-hybridized carbons (Fsp3) is 0.261. The number of carbonyl (C=O) groups is 1. The summed E-state index contributed by atoms with van der Waals surface area (Å²) in [6.45, 7) is 1.59. The molecule has 3 aromatic rings. The number of halogens is 3. The molecule has 180 valence electrons. The standard InChI is InChI=1S/C23H22F3N3O4S/c24-23(25,26)33-20-8-6-19(7-9-20)27-22(30)16-28-11-13-29(14-12-28)34(31,32)21-10-5-17-3-1-2-4-18(17)15-21/h1-10,15H,11-14,16H2,(H,27,30)/p+1. The van der Waals surface area contributed by atoms with Gasteiger partial charge in [0.2, 0.25) is 10.0 Å². The van der Waals surface area contributed by atoms with E-state index < -0.39 is 16.4 Å². The van der Waals surface area contributed by atoms with E-state index in [2.05, 4.69) is 10.1 Å². The number of alkyl halides is 3. The number of benzene rings is 3. The van der Waals surface area contributed by atoms with Crippen LogP contribution in [0.4, 0.5) is 18.9 Å². The number of sulfonamides is 1. The van der Waals surface area contributed by atoms with E-state index in [1.54, 1.807) is 18.2 Å². The number of anilines is 1. The van der Waals surface area contributed by atoms with Crippen molar-refractivity contribution >= 4 is 32.4 Å². The Morgan fingerprint density at radius 3 is 2.26 bits per heavy atom. The van der Waals surface area contributed by atoms with Crippen LogP contribution in [0.5, 0.6) is 5.75 Å². The summed E-state index contributed by atoms with van der Waals surface area (Å²) >= 11 is 0. The van der Waals surface area contributed by atoms with Crippen LogP contribution in [0, 0.1) is 0 Å². The van der Waals surface area contributed by atoms with Crippen molar-refractivity contribution in [3.8, 4) is 5.75 Å². The van der Waals surface area contributed by atoms with Crippen LogP contribution in [0.3, 0.4) is 0 Å². The molecule has 3 aromatic carbocycles. The molecule has 0 aliphatic carbocycles. The van der Waals surface area contributed by atoms with Gasteiger partial charge in [-0.25, -0.2) is 8.42 Å². The Morgan fingerprint density at radius 2 is 1.62 bits per heavy atom. The van der Waals surface area contributed by atoms with Gasteiger partial charge in [0.1, 0.15) is 5.75 Å². The van der Waals surface area contributed by atoms with Crippen molar-refractivity contribution in [2.75, 3.05) is 38.0 Å². The Kier molecular flexibility index (Phi) is 6.78. The number of piperazine rings is 1.